The Hall–Kier alpha value is -2.31. The molecule has 0 aromatic rings. The van der Waals surface area contributed by atoms with Gasteiger partial charge in [-0.1, -0.05) is 0 Å². The number of methoxy groups -OCH3 is 1. The highest BCUT2D eigenvalue weighted by Gasteiger charge is 2.33. The van der Waals surface area contributed by atoms with Crippen molar-refractivity contribution in [2.24, 2.45) is 0 Å². The summed E-state index contributed by atoms with van der Waals surface area (Å²) in [5.74, 6) is -2.62. The largest absolute Gasteiger partial charge is 0.478 e. The molecule has 0 amide bonds. The molecule has 0 unspecified atom stereocenters. The number of carbonyl (C=O) groups excluding carboxylic acids is 2. The Morgan fingerprint density at radius 1 is 1.21 bits per heavy atom. The minimum Gasteiger partial charge on any atom is -0.478 e. The third kappa shape index (κ3) is 3.57. The van der Waals surface area contributed by atoms with Crippen molar-refractivity contribution in [2.45, 2.75) is 25.9 Å². The molecule has 0 aromatic heterocycles. The summed E-state index contributed by atoms with van der Waals surface area (Å²) in [5, 5.41) is 11.5. The number of carboxylic acids is 1. The molecular formula is C12H15NO6. The molecule has 2 N–H and O–H groups in total. The summed E-state index contributed by atoms with van der Waals surface area (Å²) >= 11 is 0. The number of hydrogen-bond donors (Lipinski definition) is 2. The van der Waals surface area contributed by atoms with Crippen LogP contribution in [-0.2, 0) is 23.9 Å². The van der Waals surface area contributed by atoms with Gasteiger partial charge in [0.25, 0.3) is 0 Å². The standard InChI is InChI=1S/C12H15NO6/c1-12(2,11(16)17)19-10(15)8-4-7(5-13-6-8)9(14)18-3/h5-6,13H,4H2,1-3H3,(H,16,17). The molecule has 1 heterocycles. The molecule has 104 valence electrons. The fourth-order valence-corrected chi connectivity index (χ4v) is 1.28. The van der Waals surface area contributed by atoms with Crippen LogP contribution in [-0.4, -0.2) is 35.7 Å². The summed E-state index contributed by atoms with van der Waals surface area (Å²) in [5.41, 5.74) is -1.23. The zero-order chi connectivity index (χ0) is 14.6. The van der Waals surface area contributed by atoms with Crippen LogP contribution in [0.25, 0.3) is 0 Å². The summed E-state index contributed by atoms with van der Waals surface area (Å²) < 4.78 is 9.41. The highest BCUT2D eigenvalue weighted by Crippen LogP contribution is 2.19. The summed E-state index contributed by atoms with van der Waals surface area (Å²) in [6.07, 6.45) is 2.78. The SMILES string of the molecule is COC(=O)C1=CNC=C(C(=O)OC(C)(C)C(=O)O)C1. The molecule has 1 aliphatic heterocycles. The van der Waals surface area contributed by atoms with Crippen molar-refractivity contribution < 1.29 is 29.0 Å². The van der Waals surface area contributed by atoms with E-state index in [2.05, 4.69) is 10.1 Å². The smallest absolute Gasteiger partial charge is 0.347 e. The van der Waals surface area contributed by atoms with Crippen molar-refractivity contribution in [3.63, 3.8) is 0 Å². The van der Waals surface area contributed by atoms with Crippen LogP contribution in [0.3, 0.4) is 0 Å². The van der Waals surface area contributed by atoms with Crippen LogP contribution < -0.4 is 5.32 Å². The molecule has 0 bridgehead atoms. The molecular weight excluding hydrogens is 254 g/mol. The molecule has 0 fully saturated rings. The second-order valence-electron chi connectivity index (χ2n) is 4.38. The Morgan fingerprint density at radius 3 is 2.21 bits per heavy atom. The molecule has 0 atom stereocenters. The lowest BCUT2D eigenvalue weighted by Crippen LogP contribution is -2.37. The Bertz CT molecular complexity index is 475. The predicted octanol–water partition coefficient (Wildman–Crippen LogP) is 0.327. The molecule has 0 saturated carbocycles. The first-order valence-corrected chi connectivity index (χ1v) is 5.47. The van der Waals surface area contributed by atoms with Gasteiger partial charge in [0.2, 0.25) is 5.60 Å². The first-order chi connectivity index (χ1) is 8.77. The summed E-state index contributed by atoms with van der Waals surface area (Å²) in [6.45, 7) is 2.53. The molecule has 7 nitrogen and oxygen atoms in total. The van der Waals surface area contributed by atoms with Gasteiger partial charge in [0.1, 0.15) is 0 Å². The lowest BCUT2D eigenvalue weighted by molar-refractivity contribution is -0.171. The molecule has 0 aromatic carbocycles. The van der Waals surface area contributed by atoms with Crippen LogP contribution in [0.15, 0.2) is 23.5 Å². The molecule has 1 aliphatic rings. The van der Waals surface area contributed by atoms with E-state index in [1.54, 1.807) is 0 Å². The summed E-state index contributed by atoms with van der Waals surface area (Å²) in [7, 11) is 1.23. The molecule has 0 spiro atoms. The Labute approximate surface area is 109 Å². The van der Waals surface area contributed by atoms with Crippen molar-refractivity contribution in [3.8, 4) is 0 Å². The van der Waals surface area contributed by atoms with Crippen LogP contribution in [0.1, 0.15) is 20.3 Å². The monoisotopic (exact) mass is 269 g/mol. The van der Waals surface area contributed by atoms with Crippen LogP contribution in [0.2, 0.25) is 0 Å². The maximum Gasteiger partial charge on any atom is 0.347 e. The van der Waals surface area contributed by atoms with Gasteiger partial charge < -0.3 is 19.9 Å². The lowest BCUT2D eigenvalue weighted by Gasteiger charge is -2.22. The molecule has 1 rings (SSSR count). The van der Waals surface area contributed by atoms with Crippen molar-refractivity contribution in [1.82, 2.24) is 5.32 Å². The molecule has 7 heteroatoms. The highest BCUT2D eigenvalue weighted by atomic mass is 16.6. The average Bonchev–Trinajstić information content (AvgIpc) is 2.37. The van der Waals surface area contributed by atoms with E-state index in [1.807, 2.05) is 0 Å². The second kappa shape index (κ2) is 5.55. The van der Waals surface area contributed by atoms with E-state index in [0.29, 0.717) is 0 Å². The lowest BCUT2D eigenvalue weighted by atomic mass is 10.0. The minimum absolute atomic E-state index is 0.0220. The van der Waals surface area contributed by atoms with Crippen molar-refractivity contribution in [1.29, 1.82) is 0 Å². The maximum absolute atomic E-state index is 11.8. The Balaban J connectivity index is 2.73. The number of ether oxygens (including phenoxy) is 2. The third-order valence-corrected chi connectivity index (χ3v) is 2.47. The molecule has 0 radical (unpaired) electrons. The van der Waals surface area contributed by atoms with Crippen molar-refractivity contribution in [2.75, 3.05) is 7.11 Å². The highest BCUT2D eigenvalue weighted by molar-refractivity contribution is 5.96. The molecule has 0 aliphatic carbocycles. The van der Waals surface area contributed by atoms with Gasteiger partial charge in [0, 0.05) is 18.8 Å². The van der Waals surface area contributed by atoms with Gasteiger partial charge in [-0.2, -0.15) is 0 Å². The van der Waals surface area contributed by atoms with Crippen LogP contribution in [0.4, 0.5) is 0 Å². The minimum atomic E-state index is -1.63. The van der Waals surface area contributed by atoms with Gasteiger partial charge in [-0.05, 0) is 13.8 Å². The van der Waals surface area contributed by atoms with Gasteiger partial charge in [-0.25, -0.2) is 14.4 Å². The van der Waals surface area contributed by atoms with Crippen LogP contribution in [0, 0.1) is 0 Å². The van der Waals surface area contributed by atoms with Crippen LogP contribution in [0.5, 0.6) is 0 Å². The Morgan fingerprint density at radius 2 is 1.74 bits per heavy atom. The summed E-state index contributed by atoms with van der Waals surface area (Å²) in [4.78, 5) is 34.0. The van der Waals surface area contributed by atoms with E-state index < -0.39 is 23.5 Å². The average molecular weight is 269 g/mol. The van der Waals surface area contributed by atoms with Gasteiger partial charge in [-0.15, -0.1) is 0 Å². The van der Waals surface area contributed by atoms with E-state index >= 15 is 0 Å². The third-order valence-electron chi connectivity index (χ3n) is 2.47. The van der Waals surface area contributed by atoms with Gasteiger partial charge in [-0.3, -0.25) is 0 Å². The van der Waals surface area contributed by atoms with Crippen molar-refractivity contribution >= 4 is 17.9 Å². The van der Waals surface area contributed by atoms with Gasteiger partial charge >= 0.3 is 17.9 Å². The number of carbonyl (C=O) groups is 3. The van der Waals surface area contributed by atoms with Crippen molar-refractivity contribution in [3.05, 3.63) is 23.5 Å². The number of hydrogen-bond acceptors (Lipinski definition) is 6. The van der Waals surface area contributed by atoms with Gasteiger partial charge in [0.15, 0.2) is 0 Å². The Kier molecular flexibility index (Phi) is 4.31. The maximum atomic E-state index is 11.8. The van der Waals surface area contributed by atoms with E-state index in [4.69, 9.17) is 9.84 Å². The quantitative estimate of drug-likeness (QED) is 0.709. The van der Waals surface area contributed by atoms with Gasteiger partial charge in [0.05, 0.1) is 18.3 Å². The first-order valence-electron chi connectivity index (χ1n) is 5.47. The topological polar surface area (TPSA) is 102 Å². The van der Waals surface area contributed by atoms with E-state index in [1.165, 1.54) is 33.4 Å². The zero-order valence-corrected chi connectivity index (χ0v) is 10.9. The zero-order valence-electron chi connectivity index (χ0n) is 10.9. The fraction of sp³-hybridized carbons (Fsp3) is 0.417. The number of nitrogens with one attached hydrogen (secondary N) is 1. The summed E-state index contributed by atoms with van der Waals surface area (Å²) in [6, 6.07) is 0. The number of rotatable bonds is 4. The molecule has 0 saturated heterocycles. The normalized spacial score (nSPS) is 14.7. The number of dihydropyridines is 1. The van der Waals surface area contributed by atoms with E-state index in [0.717, 1.165) is 0 Å². The number of aliphatic carboxylic acids is 1. The van der Waals surface area contributed by atoms with E-state index in [-0.39, 0.29) is 17.6 Å². The number of carboxylic acid groups (broad SMARTS) is 1. The molecule has 19 heavy (non-hydrogen) atoms. The van der Waals surface area contributed by atoms with Crippen LogP contribution >= 0.6 is 0 Å². The number of esters is 2. The fourth-order valence-electron chi connectivity index (χ4n) is 1.28. The van der Waals surface area contributed by atoms with E-state index in [9.17, 15) is 14.4 Å². The second-order valence-corrected chi connectivity index (χ2v) is 4.38. The predicted molar refractivity (Wildman–Crippen MR) is 63.7 cm³/mol. The first kappa shape index (κ1) is 14.7.